The van der Waals surface area contributed by atoms with E-state index in [1.54, 1.807) is 0 Å². The molecule has 2 aromatic rings. The molecule has 0 saturated heterocycles. The fraction of sp³-hybridized carbons (Fsp3) is 0.0714. The predicted molar refractivity (Wildman–Crippen MR) is 74.6 cm³/mol. The predicted octanol–water partition coefficient (Wildman–Crippen LogP) is 1.74. The standard InChI is InChI=1S/C14H14N4/c15-10-1-3-12-8(6-10)5-9-7-11(18-14(16)17)2-4-13(9)12/h1-4,6-7H,5,15H2,(H4,16,17,18). The number of anilines is 1. The SMILES string of the molecule is NC(N)=Nc1ccc2c(c1)Cc1cc(N)ccc1-2. The average molecular weight is 238 g/mol. The van der Waals surface area contributed by atoms with Crippen molar-refractivity contribution in [2.45, 2.75) is 6.42 Å². The fourth-order valence-corrected chi connectivity index (χ4v) is 2.44. The van der Waals surface area contributed by atoms with Crippen LogP contribution in [0.15, 0.2) is 41.4 Å². The van der Waals surface area contributed by atoms with Gasteiger partial charge in [0.15, 0.2) is 5.96 Å². The average Bonchev–Trinajstić information content (AvgIpc) is 2.64. The van der Waals surface area contributed by atoms with Gasteiger partial charge in [-0.2, -0.15) is 0 Å². The van der Waals surface area contributed by atoms with Crippen molar-refractivity contribution in [3.63, 3.8) is 0 Å². The summed E-state index contributed by atoms with van der Waals surface area (Å²) in [5.74, 6) is 0.0784. The summed E-state index contributed by atoms with van der Waals surface area (Å²) in [7, 11) is 0. The molecule has 90 valence electrons. The molecule has 0 amide bonds. The van der Waals surface area contributed by atoms with E-state index in [1.165, 1.54) is 22.3 Å². The van der Waals surface area contributed by atoms with Gasteiger partial charge in [-0.15, -0.1) is 0 Å². The highest BCUT2D eigenvalue weighted by Gasteiger charge is 2.18. The number of aliphatic imine (C=N–C) groups is 1. The number of hydrogen-bond acceptors (Lipinski definition) is 2. The van der Waals surface area contributed by atoms with Gasteiger partial charge in [0.25, 0.3) is 0 Å². The van der Waals surface area contributed by atoms with Crippen molar-refractivity contribution in [3.8, 4) is 11.1 Å². The first-order chi connectivity index (χ1) is 8.63. The van der Waals surface area contributed by atoms with Crippen LogP contribution < -0.4 is 17.2 Å². The first-order valence-corrected chi connectivity index (χ1v) is 5.75. The lowest BCUT2D eigenvalue weighted by atomic mass is 10.1. The number of rotatable bonds is 1. The highest BCUT2D eigenvalue weighted by Crippen LogP contribution is 2.38. The summed E-state index contributed by atoms with van der Waals surface area (Å²) in [4.78, 5) is 4.06. The molecule has 1 aliphatic rings. The highest BCUT2D eigenvalue weighted by molar-refractivity contribution is 5.82. The summed E-state index contributed by atoms with van der Waals surface area (Å²) < 4.78 is 0. The molecular formula is C14H14N4. The molecular weight excluding hydrogens is 224 g/mol. The van der Waals surface area contributed by atoms with E-state index in [1.807, 2.05) is 24.3 Å². The van der Waals surface area contributed by atoms with Crippen molar-refractivity contribution in [1.29, 1.82) is 0 Å². The lowest BCUT2D eigenvalue weighted by molar-refractivity contribution is 1.26. The van der Waals surface area contributed by atoms with Crippen molar-refractivity contribution in [1.82, 2.24) is 0 Å². The normalized spacial score (nSPS) is 11.8. The molecule has 1 aliphatic carbocycles. The third kappa shape index (κ3) is 1.68. The smallest absolute Gasteiger partial charge is 0.191 e. The summed E-state index contributed by atoms with van der Waals surface area (Å²) in [6, 6.07) is 12.0. The molecule has 4 nitrogen and oxygen atoms in total. The van der Waals surface area contributed by atoms with Crippen molar-refractivity contribution < 1.29 is 0 Å². The Morgan fingerprint density at radius 3 is 2.33 bits per heavy atom. The molecule has 0 radical (unpaired) electrons. The summed E-state index contributed by atoms with van der Waals surface area (Å²) in [5.41, 5.74) is 23.1. The van der Waals surface area contributed by atoms with Crippen LogP contribution in [0.4, 0.5) is 11.4 Å². The van der Waals surface area contributed by atoms with E-state index in [0.29, 0.717) is 0 Å². The number of benzene rings is 2. The zero-order valence-electron chi connectivity index (χ0n) is 9.85. The van der Waals surface area contributed by atoms with Gasteiger partial charge in [0.1, 0.15) is 0 Å². The quantitative estimate of drug-likeness (QED) is 0.342. The summed E-state index contributed by atoms with van der Waals surface area (Å²) >= 11 is 0. The largest absolute Gasteiger partial charge is 0.399 e. The Kier molecular flexibility index (Phi) is 2.23. The van der Waals surface area contributed by atoms with E-state index in [0.717, 1.165) is 17.8 Å². The molecule has 0 atom stereocenters. The summed E-state index contributed by atoms with van der Waals surface area (Å²) in [6.45, 7) is 0. The van der Waals surface area contributed by atoms with Crippen LogP contribution in [-0.4, -0.2) is 5.96 Å². The third-order valence-corrected chi connectivity index (χ3v) is 3.15. The lowest BCUT2D eigenvalue weighted by Crippen LogP contribution is -2.21. The number of nitrogen functional groups attached to an aromatic ring is 1. The minimum Gasteiger partial charge on any atom is -0.399 e. The molecule has 0 saturated carbocycles. The van der Waals surface area contributed by atoms with E-state index in [4.69, 9.17) is 17.2 Å². The van der Waals surface area contributed by atoms with E-state index >= 15 is 0 Å². The monoisotopic (exact) mass is 238 g/mol. The van der Waals surface area contributed by atoms with E-state index in [9.17, 15) is 0 Å². The molecule has 0 unspecified atom stereocenters. The molecule has 4 heteroatoms. The van der Waals surface area contributed by atoms with Gasteiger partial charge >= 0.3 is 0 Å². The molecule has 18 heavy (non-hydrogen) atoms. The first-order valence-electron chi connectivity index (χ1n) is 5.75. The second-order valence-corrected chi connectivity index (χ2v) is 4.47. The number of hydrogen-bond donors (Lipinski definition) is 3. The Bertz CT molecular complexity index is 655. The van der Waals surface area contributed by atoms with Crippen LogP contribution in [0.1, 0.15) is 11.1 Å². The van der Waals surface area contributed by atoms with Crippen LogP contribution in [0.25, 0.3) is 11.1 Å². The number of fused-ring (bicyclic) bond motifs is 3. The summed E-state index contributed by atoms with van der Waals surface area (Å²) in [6.07, 6.45) is 0.879. The molecule has 0 aliphatic heterocycles. The molecule has 3 rings (SSSR count). The molecule has 0 spiro atoms. The molecule has 6 N–H and O–H groups in total. The van der Waals surface area contributed by atoms with Gasteiger partial charge in [0.05, 0.1) is 5.69 Å². The van der Waals surface area contributed by atoms with Gasteiger partial charge < -0.3 is 17.2 Å². The fourth-order valence-electron chi connectivity index (χ4n) is 2.44. The van der Waals surface area contributed by atoms with Crippen LogP contribution in [0, 0.1) is 0 Å². The first kappa shape index (κ1) is 10.7. The minimum absolute atomic E-state index is 0.0784. The second-order valence-electron chi connectivity index (χ2n) is 4.47. The highest BCUT2D eigenvalue weighted by atomic mass is 15.0. The van der Waals surface area contributed by atoms with E-state index in [2.05, 4.69) is 17.1 Å². The Morgan fingerprint density at radius 1 is 0.944 bits per heavy atom. The Morgan fingerprint density at radius 2 is 1.61 bits per heavy atom. The molecule has 0 heterocycles. The van der Waals surface area contributed by atoms with E-state index in [-0.39, 0.29) is 5.96 Å². The van der Waals surface area contributed by atoms with Crippen molar-refractivity contribution in [3.05, 3.63) is 47.5 Å². The van der Waals surface area contributed by atoms with Gasteiger partial charge in [-0.25, -0.2) is 4.99 Å². The summed E-state index contributed by atoms with van der Waals surface area (Å²) in [5, 5.41) is 0. The lowest BCUT2D eigenvalue weighted by Gasteiger charge is -2.02. The Hall–Kier alpha value is -2.49. The Labute approximate surface area is 105 Å². The van der Waals surface area contributed by atoms with Crippen LogP contribution in [0.5, 0.6) is 0 Å². The third-order valence-electron chi connectivity index (χ3n) is 3.15. The van der Waals surface area contributed by atoms with Crippen LogP contribution in [0.2, 0.25) is 0 Å². The zero-order valence-corrected chi connectivity index (χ0v) is 9.85. The maximum atomic E-state index is 5.81. The van der Waals surface area contributed by atoms with Crippen molar-refractivity contribution in [2.24, 2.45) is 16.5 Å². The maximum absolute atomic E-state index is 5.81. The maximum Gasteiger partial charge on any atom is 0.191 e. The van der Waals surface area contributed by atoms with E-state index < -0.39 is 0 Å². The van der Waals surface area contributed by atoms with Gasteiger partial charge in [0, 0.05) is 5.69 Å². The van der Waals surface area contributed by atoms with Gasteiger partial charge in [0.2, 0.25) is 0 Å². The molecule has 2 aromatic carbocycles. The number of nitrogens with two attached hydrogens (primary N) is 3. The van der Waals surface area contributed by atoms with Crippen LogP contribution in [0.3, 0.4) is 0 Å². The van der Waals surface area contributed by atoms with Gasteiger partial charge in [-0.05, 0) is 52.9 Å². The van der Waals surface area contributed by atoms with Crippen molar-refractivity contribution >= 4 is 17.3 Å². The zero-order chi connectivity index (χ0) is 12.7. The molecule has 0 aromatic heterocycles. The second kappa shape index (κ2) is 3.77. The van der Waals surface area contributed by atoms with Gasteiger partial charge in [-0.3, -0.25) is 0 Å². The minimum atomic E-state index is 0.0784. The molecule has 0 fully saturated rings. The number of guanidine groups is 1. The Balaban J connectivity index is 2.09. The van der Waals surface area contributed by atoms with Crippen molar-refractivity contribution in [2.75, 3.05) is 5.73 Å². The molecule has 0 bridgehead atoms. The van der Waals surface area contributed by atoms with Crippen LogP contribution in [-0.2, 0) is 6.42 Å². The van der Waals surface area contributed by atoms with Gasteiger partial charge in [-0.1, -0.05) is 12.1 Å². The topological polar surface area (TPSA) is 90.4 Å². The number of nitrogens with zero attached hydrogens (tertiary/aromatic N) is 1. The van der Waals surface area contributed by atoms with Crippen LogP contribution >= 0.6 is 0 Å².